The number of rotatable bonds is 6. The van der Waals surface area contributed by atoms with E-state index in [9.17, 15) is 9.18 Å². The molecule has 26 heavy (non-hydrogen) atoms. The fraction of sp³-hybridized carbons (Fsp3) is 0.444. The molecule has 0 aliphatic carbocycles. The van der Waals surface area contributed by atoms with Crippen molar-refractivity contribution in [3.63, 3.8) is 0 Å². The van der Waals surface area contributed by atoms with Crippen LogP contribution in [0.4, 0.5) is 10.2 Å². The van der Waals surface area contributed by atoms with Gasteiger partial charge in [-0.25, -0.2) is 4.39 Å². The highest BCUT2D eigenvalue weighted by Crippen LogP contribution is 2.17. The predicted octanol–water partition coefficient (Wildman–Crippen LogP) is 2.63. The van der Waals surface area contributed by atoms with Crippen LogP contribution in [0.15, 0.2) is 28.7 Å². The molecule has 0 radical (unpaired) electrons. The Morgan fingerprint density at radius 1 is 1.27 bits per heavy atom. The summed E-state index contributed by atoms with van der Waals surface area (Å²) in [6.07, 6.45) is 0.851. The number of benzene rings is 1. The fourth-order valence-electron chi connectivity index (χ4n) is 2.99. The van der Waals surface area contributed by atoms with Crippen LogP contribution in [0.25, 0.3) is 0 Å². The summed E-state index contributed by atoms with van der Waals surface area (Å²) in [5.74, 6) is 0.314. The van der Waals surface area contributed by atoms with E-state index in [4.69, 9.17) is 0 Å². The Morgan fingerprint density at radius 2 is 2.00 bits per heavy atom. The third kappa shape index (κ3) is 5.12. The van der Waals surface area contributed by atoms with Gasteiger partial charge in [0.15, 0.2) is 5.82 Å². The number of carbonyl (C=O) groups is 1. The van der Waals surface area contributed by atoms with Crippen molar-refractivity contribution in [2.75, 3.05) is 38.0 Å². The summed E-state index contributed by atoms with van der Waals surface area (Å²) in [4.78, 5) is 16.5. The first kappa shape index (κ1) is 19.0. The molecular formula is C18H23BrFN5O. The Morgan fingerprint density at radius 3 is 2.65 bits per heavy atom. The summed E-state index contributed by atoms with van der Waals surface area (Å²) >= 11 is 3.28. The van der Waals surface area contributed by atoms with Gasteiger partial charge in [-0.2, -0.15) is 5.10 Å². The number of anilines is 1. The van der Waals surface area contributed by atoms with Gasteiger partial charge in [-0.15, -0.1) is 0 Å². The van der Waals surface area contributed by atoms with E-state index in [0.29, 0.717) is 24.5 Å². The number of nitrogens with zero attached hydrogens (tertiary/aromatic N) is 3. The lowest BCUT2D eigenvalue weighted by Gasteiger charge is -2.34. The Kier molecular flexibility index (Phi) is 6.39. The van der Waals surface area contributed by atoms with Gasteiger partial charge in [0.2, 0.25) is 5.91 Å². The quantitative estimate of drug-likeness (QED) is 0.749. The number of hydrogen-bond donors (Lipinski definition) is 2. The fourth-order valence-corrected chi connectivity index (χ4v) is 3.32. The highest BCUT2D eigenvalue weighted by atomic mass is 79.9. The minimum Gasteiger partial charge on any atom is -0.308 e. The molecule has 1 aliphatic rings. The number of aromatic amines is 1. The van der Waals surface area contributed by atoms with Crippen LogP contribution in [0.2, 0.25) is 0 Å². The SMILES string of the molecule is CCc1cc(NC(=O)CN2CCN(Cc3ccc(Br)cc3F)CC2)n[nH]1. The van der Waals surface area contributed by atoms with Crippen molar-refractivity contribution >= 4 is 27.7 Å². The van der Waals surface area contributed by atoms with Crippen molar-refractivity contribution in [2.24, 2.45) is 0 Å². The third-order valence-electron chi connectivity index (χ3n) is 4.52. The molecule has 1 fully saturated rings. The zero-order chi connectivity index (χ0) is 18.5. The molecule has 1 amide bonds. The summed E-state index contributed by atoms with van der Waals surface area (Å²) in [6.45, 7) is 6.15. The number of halogens is 2. The number of piperazine rings is 1. The molecule has 3 rings (SSSR count). The number of aromatic nitrogens is 2. The Balaban J connectivity index is 1.43. The van der Waals surface area contributed by atoms with Crippen LogP contribution in [0.1, 0.15) is 18.2 Å². The zero-order valence-electron chi connectivity index (χ0n) is 14.8. The van der Waals surface area contributed by atoms with Crippen LogP contribution < -0.4 is 5.32 Å². The number of hydrogen-bond acceptors (Lipinski definition) is 4. The van der Waals surface area contributed by atoms with Crippen molar-refractivity contribution in [2.45, 2.75) is 19.9 Å². The first-order valence-electron chi connectivity index (χ1n) is 8.76. The smallest absolute Gasteiger partial charge is 0.239 e. The van der Waals surface area contributed by atoms with Gasteiger partial charge in [0, 0.05) is 54.5 Å². The molecule has 0 spiro atoms. The van der Waals surface area contributed by atoms with Gasteiger partial charge in [0.25, 0.3) is 0 Å². The second-order valence-electron chi connectivity index (χ2n) is 6.47. The number of carbonyl (C=O) groups excluding carboxylic acids is 1. The highest BCUT2D eigenvalue weighted by Gasteiger charge is 2.20. The second kappa shape index (κ2) is 8.75. The summed E-state index contributed by atoms with van der Waals surface area (Å²) in [6, 6.07) is 7.02. The molecule has 1 saturated heterocycles. The molecule has 1 aromatic heterocycles. The molecule has 1 aliphatic heterocycles. The van der Waals surface area contributed by atoms with Gasteiger partial charge in [0.1, 0.15) is 5.82 Å². The maximum Gasteiger partial charge on any atom is 0.239 e. The van der Waals surface area contributed by atoms with Crippen LogP contribution in [0.5, 0.6) is 0 Å². The Labute approximate surface area is 160 Å². The van der Waals surface area contributed by atoms with E-state index in [1.54, 1.807) is 0 Å². The van der Waals surface area contributed by atoms with Crippen molar-refractivity contribution in [1.29, 1.82) is 0 Å². The van der Waals surface area contributed by atoms with Crippen LogP contribution >= 0.6 is 15.9 Å². The normalized spacial score (nSPS) is 16.0. The average molecular weight is 424 g/mol. The Bertz CT molecular complexity index is 758. The monoisotopic (exact) mass is 423 g/mol. The molecular weight excluding hydrogens is 401 g/mol. The van der Waals surface area contributed by atoms with Gasteiger partial charge >= 0.3 is 0 Å². The zero-order valence-corrected chi connectivity index (χ0v) is 16.4. The van der Waals surface area contributed by atoms with E-state index in [0.717, 1.165) is 42.8 Å². The molecule has 0 unspecified atom stereocenters. The number of amides is 1. The topological polar surface area (TPSA) is 64.3 Å². The van der Waals surface area contributed by atoms with Crippen molar-refractivity contribution in [1.82, 2.24) is 20.0 Å². The lowest BCUT2D eigenvalue weighted by Crippen LogP contribution is -2.48. The maximum absolute atomic E-state index is 14.0. The van der Waals surface area contributed by atoms with Gasteiger partial charge in [0.05, 0.1) is 6.54 Å². The first-order valence-corrected chi connectivity index (χ1v) is 9.55. The van der Waals surface area contributed by atoms with Gasteiger partial charge in [-0.3, -0.25) is 19.7 Å². The minimum absolute atomic E-state index is 0.0634. The molecule has 2 N–H and O–H groups in total. The summed E-state index contributed by atoms with van der Waals surface area (Å²) in [7, 11) is 0. The van der Waals surface area contributed by atoms with E-state index in [2.05, 4.69) is 41.2 Å². The second-order valence-corrected chi connectivity index (χ2v) is 7.38. The molecule has 0 atom stereocenters. The van der Waals surface area contributed by atoms with Crippen LogP contribution in [0.3, 0.4) is 0 Å². The predicted molar refractivity (Wildman–Crippen MR) is 102 cm³/mol. The standard InChI is InChI=1S/C18H23BrFN5O/c1-2-15-10-17(23-22-15)21-18(26)12-25-7-5-24(6-8-25)11-13-3-4-14(19)9-16(13)20/h3-4,9-10H,2,5-8,11-12H2,1H3,(H2,21,22,23,26). The average Bonchev–Trinajstić information content (AvgIpc) is 3.06. The summed E-state index contributed by atoms with van der Waals surface area (Å²) < 4.78 is 14.7. The molecule has 8 heteroatoms. The lowest BCUT2D eigenvalue weighted by molar-refractivity contribution is -0.117. The van der Waals surface area contributed by atoms with Crippen molar-refractivity contribution < 1.29 is 9.18 Å². The van der Waals surface area contributed by atoms with Crippen molar-refractivity contribution in [3.8, 4) is 0 Å². The summed E-state index contributed by atoms with van der Waals surface area (Å²) in [5.41, 5.74) is 1.69. The van der Waals surface area contributed by atoms with Crippen LogP contribution in [-0.4, -0.2) is 58.6 Å². The van der Waals surface area contributed by atoms with Gasteiger partial charge in [-0.1, -0.05) is 28.9 Å². The largest absolute Gasteiger partial charge is 0.308 e. The van der Waals surface area contributed by atoms with E-state index in [1.165, 1.54) is 6.07 Å². The molecule has 2 aromatic rings. The molecule has 140 valence electrons. The summed E-state index contributed by atoms with van der Waals surface area (Å²) in [5, 5.41) is 9.77. The van der Waals surface area contributed by atoms with Gasteiger partial charge in [-0.05, 0) is 18.6 Å². The van der Waals surface area contributed by atoms with E-state index < -0.39 is 0 Å². The minimum atomic E-state index is -0.188. The highest BCUT2D eigenvalue weighted by molar-refractivity contribution is 9.10. The van der Waals surface area contributed by atoms with Crippen LogP contribution in [-0.2, 0) is 17.8 Å². The number of nitrogens with one attached hydrogen (secondary N) is 2. The molecule has 0 bridgehead atoms. The first-order chi connectivity index (χ1) is 12.5. The maximum atomic E-state index is 14.0. The molecule has 0 saturated carbocycles. The van der Waals surface area contributed by atoms with Crippen molar-refractivity contribution in [3.05, 3.63) is 45.8 Å². The number of aryl methyl sites for hydroxylation is 1. The van der Waals surface area contributed by atoms with Crippen LogP contribution in [0, 0.1) is 5.82 Å². The number of H-pyrrole nitrogens is 1. The third-order valence-corrected chi connectivity index (χ3v) is 5.01. The van der Waals surface area contributed by atoms with E-state index in [1.807, 2.05) is 25.1 Å². The molecule has 6 nitrogen and oxygen atoms in total. The van der Waals surface area contributed by atoms with Gasteiger partial charge < -0.3 is 5.32 Å². The van der Waals surface area contributed by atoms with E-state index in [-0.39, 0.29) is 11.7 Å². The van der Waals surface area contributed by atoms with E-state index >= 15 is 0 Å². The lowest BCUT2D eigenvalue weighted by atomic mass is 10.2. The molecule has 1 aromatic carbocycles. The Hall–Kier alpha value is -1.77. The molecule has 2 heterocycles.